The molecule has 0 aromatic heterocycles. The van der Waals surface area contributed by atoms with E-state index < -0.39 is 0 Å². The van der Waals surface area contributed by atoms with E-state index in [4.69, 9.17) is 14.2 Å². The first kappa shape index (κ1) is 26.4. The predicted molar refractivity (Wildman–Crippen MR) is 147 cm³/mol. The van der Waals surface area contributed by atoms with Crippen LogP contribution in [0.1, 0.15) is 45.6 Å². The van der Waals surface area contributed by atoms with E-state index in [0.717, 1.165) is 48.2 Å². The summed E-state index contributed by atoms with van der Waals surface area (Å²) in [5.74, 6) is 0.943. The number of piperidine rings is 1. The van der Waals surface area contributed by atoms with Crippen molar-refractivity contribution in [2.75, 3.05) is 51.3 Å². The lowest BCUT2D eigenvalue weighted by atomic mass is 9.82. The average molecular weight is 522 g/mol. The Balaban J connectivity index is 1.17. The fourth-order valence-electron chi connectivity index (χ4n) is 5.23. The average Bonchev–Trinajstić information content (AvgIpc) is 2.92. The molecule has 3 amide bonds. The van der Waals surface area contributed by atoms with Crippen LogP contribution in [0.4, 0.5) is 15.3 Å². The van der Waals surface area contributed by atoms with E-state index in [2.05, 4.69) is 44.3 Å². The van der Waals surface area contributed by atoms with E-state index in [1.807, 2.05) is 29.2 Å². The van der Waals surface area contributed by atoms with Crippen LogP contribution in [-0.2, 0) is 15.9 Å². The quantitative estimate of drug-likeness (QED) is 0.572. The summed E-state index contributed by atoms with van der Waals surface area (Å²) < 4.78 is 17.4. The molecule has 5 rings (SSSR count). The maximum atomic E-state index is 12.5. The summed E-state index contributed by atoms with van der Waals surface area (Å²) in [6, 6.07) is 14.3. The van der Waals surface area contributed by atoms with Crippen LogP contribution in [0.2, 0.25) is 0 Å². The minimum absolute atomic E-state index is 0.0390. The Labute approximate surface area is 225 Å². The van der Waals surface area contributed by atoms with Gasteiger partial charge >= 0.3 is 12.1 Å². The number of likely N-dealkylation sites (tertiary alicyclic amines) is 1. The number of ether oxygens (including phenoxy) is 3. The molecule has 8 nitrogen and oxygen atoms in total. The SMILES string of the molecule is CC(C)(C)COC(=O)N1CCC2(CCc3cc(-c4ccc(NC(=O)N5CCOCC5)cc4)ccc3O2)CC1. The number of anilines is 1. The highest BCUT2D eigenvalue weighted by atomic mass is 16.6. The molecular weight excluding hydrogens is 482 g/mol. The number of urea groups is 1. The van der Waals surface area contributed by atoms with Crippen molar-refractivity contribution in [1.29, 1.82) is 0 Å². The van der Waals surface area contributed by atoms with Crippen LogP contribution in [0.15, 0.2) is 42.5 Å². The summed E-state index contributed by atoms with van der Waals surface area (Å²) >= 11 is 0. The molecule has 2 saturated heterocycles. The molecule has 3 aliphatic rings. The van der Waals surface area contributed by atoms with Crippen LogP contribution >= 0.6 is 0 Å². The normalized spacial score (nSPS) is 18.9. The fourth-order valence-corrected chi connectivity index (χ4v) is 5.23. The van der Waals surface area contributed by atoms with Crippen LogP contribution < -0.4 is 10.1 Å². The van der Waals surface area contributed by atoms with Gasteiger partial charge in [0.25, 0.3) is 0 Å². The van der Waals surface area contributed by atoms with Gasteiger partial charge in [-0.15, -0.1) is 0 Å². The summed E-state index contributed by atoms with van der Waals surface area (Å²) in [6.07, 6.45) is 3.31. The lowest BCUT2D eigenvalue weighted by molar-refractivity contribution is -0.0171. The molecule has 3 heterocycles. The highest BCUT2D eigenvalue weighted by molar-refractivity contribution is 5.89. The molecule has 0 radical (unpaired) electrons. The molecule has 2 fully saturated rings. The Morgan fingerprint density at radius 2 is 1.61 bits per heavy atom. The van der Waals surface area contributed by atoms with Gasteiger partial charge in [0.15, 0.2) is 0 Å². The number of carbonyl (C=O) groups is 2. The second-order valence-corrected chi connectivity index (χ2v) is 11.8. The molecule has 3 aliphatic heterocycles. The van der Waals surface area contributed by atoms with Gasteiger partial charge < -0.3 is 29.3 Å². The van der Waals surface area contributed by atoms with Crippen molar-refractivity contribution in [3.8, 4) is 16.9 Å². The van der Waals surface area contributed by atoms with Gasteiger partial charge in [0.2, 0.25) is 0 Å². The van der Waals surface area contributed by atoms with Gasteiger partial charge in [-0.2, -0.15) is 0 Å². The van der Waals surface area contributed by atoms with Crippen molar-refractivity contribution >= 4 is 17.8 Å². The monoisotopic (exact) mass is 521 g/mol. The zero-order valence-corrected chi connectivity index (χ0v) is 22.8. The van der Waals surface area contributed by atoms with Gasteiger partial charge in [0.1, 0.15) is 11.4 Å². The van der Waals surface area contributed by atoms with Crippen LogP contribution in [-0.4, -0.2) is 73.5 Å². The van der Waals surface area contributed by atoms with Gasteiger partial charge in [0.05, 0.1) is 19.8 Å². The number of hydrogen-bond donors (Lipinski definition) is 1. The second-order valence-electron chi connectivity index (χ2n) is 11.8. The molecule has 38 heavy (non-hydrogen) atoms. The summed E-state index contributed by atoms with van der Waals surface area (Å²) in [7, 11) is 0. The smallest absolute Gasteiger partial charge is 0.409 e. The van der Waals surface area contributed by atoms with Crippen LogP contribution in [0.3, 0.4) is 0 Å². The molecule has 8 heteroatoms. The zero-order valence-electron chi connectivity index (χ0n) is 22.8. The van der Waals surface area contributed by atoms with Crippen LogP contribution in [0, 0.1) is 5.41 Å². The molecule has 0 unspecified atom stereocenters. The number of nitrogens with zero attached hydrogens (tertiary/aromatic N) is 2. The van der Waals surface area contributed by atoms with E-state index in [-0.39, 0.29) is 23.1 Å². The first-order valence-corrected chi connectivity index (χ1v) is 13.7. The number of nitrogens with one attached hydrogen (secondary N) is 1. The Morgan fingerprint density at radius 3 is 2.29 bits per heavy atom. The van der Waals surface area contributed by atoms with Gasteiger partial charge in [-0.3, -0.25) is 0 Å². The first-order chi connectivity index (χ1) is 18.2. The van der Waals surface area contributed by atoms with Gasteiger partial charge in [0, 0.05) is 44.7 Å². The van der Waals surface area contributed by atoms with Gasteiger partial charge in [-0.05, 0) is 59.2 Å². The molecule has 1 N–H and O–H groups in total. The molecule has 0 saturated carbocycles. The third-order valence-corrected chi connectivity index (χ3v) is 7.57. The summed E-state index contributed by atoms with van der Waals surface area (Å²) in [5.41, 5.74) is 3.97. The van der Waals surface area contributed by atoms with Crippen LogP contribution in [0.5, 0.6) is 5.75 Å². The number of amides is 3. The maximum Gasteiger partial charge on any atom is 0.409 e. The van der Waals surface area contributed by atoms with E-state index >= 15 is 0 Å². The van der Waals surface area contributed by atoms with Gasteiger partial charge in [-0.1, -0.05) is 39.0 Å². The van der Waals surface area contributed by atoms with Gasteiger partial charge in [-0.25, -0.2) is 9.59 Å². The van der Waals surface area contributed by atoms with Crippen molar-refractivity contribution in [1.82, 2.24) is 9.80 Å². The van der Waals surface area contributed by atoms with Crippen molar-refractivity contribution in [3.63, 3.8) is 0 Å². The number of carbonyl (C=O) groups excluding carboxylic acids is 2. The number of morpholine rings is 1. The van der Waals surface area contributed by atoms with Crippen molar-refractivity contribution < 1.29 is 23.8 Å². The number of rotatable bonds is 3. The summed E-state index contributed by atoms with van der Waals surface area (Å²) in [5, 5.41) is 2.98. The van der Waals surface area contributed by atoms with E-state index in [9.17, 15) is 9.59 Å². The minimum atomic E-state index is -0.220. The summed E-state index contributed by atoms with van der Waals surface area (Å²) in [6.45, 7) is 10.3. The van der Waals surface area contributed by atoms with Crippen molar-refractivity contribution in [3.05, 3.63) is 48.0 Å². The molecular formula is C30H39N3O5. The number of benzene rings is 2. The summed E-state index contributed by atoms with van der Waals surface area (Å²) in [4.78, 5) is 28.5. The molecule has 0 bridgehead atoms. The number of hydrogen-bond acceptors (Lipinski definition) is 5. The largest absolute Gasteiger partial charge is 0.487 e. The Kier molecular flexibility index (Phi) is 7.52. The highest BCUT2D eigenvalue weighted by Gasteiger charge is 2.41. The van der Waals surface area contributed by atoms with E-state index in [0.29, 0.717) is 46.0 Å². The van der Waals surface area contributed by atoms with Crippen LogP contribution in [0.25, 0.3) is 11.1 Å². The van der Waals surface area contributed by atoms with Crippen molar-refractivity contribution in [2.45, 2.75) is 52.1 Å². The highest BCUT2D eigenvalue weighted by Crippen LogP contribution is 2.41. The Hall–Kier alpha value is -3.26. The number of fused-ring (bicyclic) bond motifs is 1. The third kappa shape index (κ3) is 6.23. The first-order valence-electron chi connectivity index (χ1n) is 13.7. The lowest BCUT2D eigenvalue weighted by Gasteiger charge is -2.44. The molecule has 2 aromatic carbocycles. The minimum Gasteiger partial charge on any atom is -0.487 e. The van der Waals surface area contributed by atoms with E-state index in [1.165, 1.54) is 5.56 Å². The third-order valence-electron chi connectivity index (χ3n) is 7.57. The molecule has 1 spiro atoms. The Morgan fingerprint density at radius 1 is 0.921 bits per heavy atom. The molecule has 2 aromatic rings. The maximum absolute atomic E-state index is 12.5. The molecule has 0 aliphatic carbocycles. The fraction of sp³-hybridized carbons (Fsp3) is 0.533. The predicted octanol–water partition coefficient (Wildman–Crippen LogP) is 5.56. The van der Waals surface area contributed by atoms with Crippen molar-refractivity contribution in [2.24, 2.45) is 5.41 Å². The number of aryl methyl sites for hydroxylation is 1. The topological polar surface area (TPSA) is 80.3 Å². The standard InChI is InChI=1S/C30H39N3O5/c1-29(2,3)21-37-28(35)33-14-12-30(13-15-33)11-10-24-20-23(6-9-26(24)38-30)22-4-7-25(8-5-22)31-27(34)32-16-18-36-19-17-32/h4-9,20H,10-19,21H2,1-3H3,(H,31,34). The lowest BCUT2D eigenvalue weighted by Crippen LogP contribution is -2.51. The molecule has 204 valence electrons. The zero-order chi connectivity index (χ0) is 26.8. The second kappa shape index (κ2) is 10.8. The Bertz CT molecular complexity index is 1140. The molecule has 0 atom stereocenters. The van der Waals surface area contributed by atoms with E-state index in [1.54, 1.807) is 4.90 Å².